The molecule has 1 N–H and O–H groups in total. The second kappa shape index (κ2) is 6.67. The number of nitrogens with zero attached hydrogens (tertiary/aromatic N) is 2. The van der Waals surface area contributed by atoms with Crippen molar-refractivity contribution in [2.24, 2.45) is 0 Å². The molecule has 0 spiro atoms. The minimum atomic E-state index is -3.83. The van der Waals surface area contributed by atoms with Gasteiger partial charge in [-0.3, -0.25) is 9.40 Å². The molecule has 1 aromatic heterocycles. The molecule has 124 valence electrons. The van der Waals surface area contributed by atoms with Gasteiger partial charge in [-0.25, -0.2) is 12.8 Å². The lowest BCUT2D eigenvalue weighted by Gasteiger charge is -2.22. The van der Waals surface area contributed by atoms with Gasteiger partial charge in [0.05, 0.1) is 29.4 Å². The van der Waals surface area contributed by atoms with E-state index in [1.165, 1.54) is 24.4 Å². The lowest BCUT2D eigenvalue weighted by Crippen LogP contribution is -2.24. The first kappa shape index (κ1) is 15.9. The van der Waals surface area contributed by atoms with E-state index >= 15 is 0 Å². The fourth-order valence-electron chi connectivity index (χ4n) is 2.52. The third-order valence-electron chi connectivity index (χ3n) is 3.66. The van der Waals surface area contributed by atoms with Crippen LogP contribution in [0.5, 0.6) is 0 Å². The summed E-state index contributed by atoms with van der Waals surface area (Å²) in [6.07, 6.45) is 6.33. The van der Waals surface area contributed by atoms with Gasteiger partial charge in [-0.15, -0.1) is 0 Å². The predicted octanol–water partition coefficient (Wildman–Crippen LogP) is 2.39. The average molecular weight is 339 g/mol. The number of ether oxygens (including phenoxy) is 1. The van der Waals surface area contributed by atoms with Crippen molar-refractivity contribution in [3.63, 3.8) is 0 Å². The largest absolute Gasteiger partial charge is 0.376 e. The summed E-state index contributed by atoms with van der Waals surface area (Å²) in [5.74, 6) is -0.599. The van der Waals surface area contributed by atoms with Crippen LogP contribution in [0.25, 0.3) is 0 Å². The van der Waals surface area contributed by atoms with E-state index in [2.05, 4.69) is 9.82 Å². The van der Waals surface area contributed by atoms with Gasteiger partial charge in [0, 0.05) is 12.8 Å². The van der Waals surface area contributed by atoms with E-state index < -0.39 is 15.8 Å². The van der Waals surface area contributed by atoms with Gasteiger partial charge in [0.1, 0.15) is 5.82 Å². The summed E-state index contributed by atoms with van der Waals surface area (Å²) in [5.41, 5.74) is 0.338. The zero-order valence-electron chi connectivity index (χ0n) is 12.5. The van der Waals surface area contributed by atoms with Gasteiger partial charge < -0.3 is 4.74 Å². The van der Waals surface area contributed by atoms with Crippen molar-refractivity contribution < 1.29 is 17.5 Å². The monoisotopic (exact) mass is 339 g/mol. The first-order valence-electron chi connectivity index (χ1n) is 7.45. The Kier molecular flexibility index (Phi) is 4.63. The molecule has 2 aromatic rings. The molecule has 1 fully saturated rings. The summed E-state index contributed by atoms with van der Waals surface area (Å²) in [6, 6.07) is 4.86. The lowest BCUT2D eigenvalue weighted by molar-refractivity contribution is 0.00401. The second-order valence-electron chi connectivity index (χ2n) is 5.50. The van der Waals surface area contributed by atoms with Crippen molar-refractivity contribution in [1.82, 2.24) is 9.78 Å². The third kappa shape index (κ3) is 4.08. The molecule has 1 saturated heterocycles. The van der Waals surface area contributed by atoms with Gasteiger partial charge in [-0.1, -0.05) is 6.07 Å². The summed E-state index contributed by atoms with van der Waals surface area (Å²) >= 11 is 0. The molecule has 0 amide bonds. The molecular formula is C15H18FN3O3S. The zero-order chi connectivity index (χ0) is 16.3. The molecule has 3 rings (SSSR count). The van der Waals surface area contributed by atoms with Crippen LogP contribution in [0.1, 0.15) is 19.3 Å². The summed E-state index contributed by atoms with van der Waals surface area (Å²) < 4.78 is 47.3. The Morgan fingerprint density at radius 2 is 2.26 bits per heavy atom. The standard InChI is InChI=1S/C15H18FN3O3S/c16-12-4-3-6-15(8-12)23(20,21)18-13-9-17-19(10-13)11-14-5-1-2-7-22-14/h3-4,6,8-10,14,18H,1-2,5,7,11H2. The van der Waals surface area contributed by atoms with E-state index in [9.17, 15) is 12.8 Å². The highest BCUT2D eigenvalue weighted by atomic mass is 32.2. The molecule has 1 aliphatic rings. The molecule has 0 saturated carbocycles. The molecule has 0 aliphatic carbocycles. The first-order chi connectivity index (χ1) is 11.0. The van der Waals surface area contributed by atoms with Crippen molar-refractivity contribution in [3.05, 3.63) is 42.5 Å². The van der Waals surface area contributed by atoms with Crippen LogP contribution in [0.2, 0.25) is 0 Å². The SMILES string of the molecule is O=S(=O)(Nc1cnn(CC2CCCCO2)c1)c1cccc(F)c1. The number of sulfonamides is 1. The van der Waals surface area contributed by atoms with Gasteiger partial charge in [-0.05, 0) is 37.5 Å². The number of hydrogen-bond donors (Lipinski definition) is 1. The smallest absolute Gasteiger partial charge is 0.262 e. The highest BCUT2D eigenvalue weighted by Crippen LogP contribution is 2.18. The quantitative estimate of drug-likeness (QED) is 0.908. The maximum atomic E-state index is 13.2. The molecule has 23 heavy (non-hydrogen) atoms. The Hall–Kier alpha value is -1.93. The molecular weight excluding hydrogens is 321 g/mol. The zero-order valence-corrected chi connectivity index (χ0v) is 13.3. The fourth-order valence-corrected chi connectivity index (χ4v) is 3.58. The summed E-state index contributed by atoms with van der Waals surface area (Å²) in [7, 11) is -3.83. The Morgan fingerprint density at radius 1 is 1.39 bits per heavy atom. The van der Waals surface area contributed by atoms with Gasteiger partial charge in [-0.2, -0.15) is 5.10 Å². The van der Waals surface area contributed by atoms with E-state index in [1.54, 1.807) is 10.9 Å². The third-order valence-corrected chi connectivity index (χ3v) is 5.04. The van der Waals surface area contributed by atoms with E-state index in [1.807, 2.05) is 0 Å². The van der Waals surface area contributed by atoms with Gasteiger partial charge in [0.2, 0.25) is 0 Å². The predicted molar refractivity (Wildman–Crippen MR) is 83.0 cm³/mol. The van der Waals surface area contributed by atoms with Crippen LogP contribution in [0, 0.1) is 5.82 Å². The van der Waals surface area contributed by atoms with Crippen LogP contribution in [0.15, 0.2) is 41.6 Å². The molecule has 1 unspecified atom stereocenters. The van der Waals surface area contributed by atoms with Crippen molar-refractivity contribution in [3.8, 4) is 0 Å². The lowest BCUT2D eigenvalue weighted by atomic mass is 10.1. The van der Waals surface area contributed by atoms with Crippen molar-refractivity contribution in [1.29, 1.82) is 0 Å². The maximum absolute atomic E-state index is 13.2. The van der Waals surface area contributed by atoms with Crippen LogP contribution in [0.4, 0.5) is 10.1 Å². The summed E-state index contributed by atoms with van der Waals surface area (Å²) in [6.45, 7) is 1.34. The molecule has 2 heterocycles. The Bertz CT molecular complexity index is 770. The number of halogens is 1. The van der Waals surface area contributed by atoms with Crippen molar-refractivity contribution in [2.75, 3.05) is 11.3 Å². The van der Waals surface area contributed by atoms with Gasteiger partial charge in [0.25, 0.3) is 10.0 Å². The molecule has 1 atom stereocenters. The average Bonchev–Trinajstić information content (AvgIpc) is 2.94. The number of hydrogen-bond acceptors (Lipinski definition) is 4. The van der Waals surface area contributed by atoms with Crippen LogP contribution in [-0.2, 0) is 21.3 Å². The Balaban J connectivity index is 1.68. The normalized spacial score (nSPS) is 18.7. The maximum Gasteiger partial charge on any atom is 0.262 e. The Labute approximate surface area is 134 Å². The minimum absolute atomic E-state index is 0.108. The number of nitrogens with one attached hydrogen (secondary N) is 1. The summed E-state index contributed by atoms with van der Waals surface area (Å²) in [4.78, 5) is -0.124. The molecule has 0 bridgehead atoms. The minimum Gasteiger partial charge on any atom is -0.376 e. The van der Waals surface area contributed by atoms with E-state index in [0.717, 1.165) is 31.9 Å². The Morgan fingerprint density at radius 3 is 3.00 bits per heavy atom. The number of rotatable bonds is 5. The van der Waals surface area contributed by atoms with Crippen LogP contribution < -0.4 is 4.72 Å². The van der Waals surface area contributed by atoms with Crippen LogP contribution in [0.3, 0.4) is 0 Å². The van der Waals surface area contributed by atoms with E-state index in [0.29, 0.717) is 12.2 Å². The van der Waals surface area contributed by atoms with Gasteiger partial charge >= 0.3 is 0 Å². The van der Waals surface area contributed by atoms with E-state index in [4.69, 9.17) is 4.74 Å². The highest BCUT2D eigenvalue weighted by molar-refractivity contribution is 7.92. The molecule has 1 aromatic carbocycles. The van der Waals surface area contributed by atoms with E-state index in [-0.39, 0.29) is 11.0 Å². The van der Waals surface area contributed by atoms with Crippen molar-refractivity contribution >= 4 is 15.7 Å². The van der Waals surface area contributed by atoms with Crippen LogP contribution in [-0.4, -0.2) is 30.9 Å². The second-order valence-corrected chi connectivity index (χ2v) is 7.18. The molecule has 6 nitrogen and oxygen atoms in total. The number of anilines is 1. The van der Waals surface area contributed by atoms with Crippen molar-refractivity contribution in [2.45, 2.75) is 36.8 Å². The fraction of sp³-hybridized carbons (Fsp3) is 0.400. The molecule has 1 aliphatic heterocycles. The number of aromatic nitrogens is 2. The topological polar surface area (TPSA) is 73.2 Å². The molecule has 8 heteroatoms. The summed E-state index contributed by atoms with van der Waals surface area (Å²) in [5, 5.41) is 4.14. The number of benzene rings is 1. The van der Waals surface area contributed by atoms with Crippen LogP contribution >= 0.6 is 0 Å². The highest BCUT2D eigenvalue weighted by Gasteiger charge is 2.18. The first-order valence-corrected chi connectivity index (χ1v) is 8.94. The van der Waals surface area contributed by atoms with Gasteiger partial charge in [0.15, 0.2) is 0 Å². The molecule has 0 radical (unpaired) electrons.